The van der Waals surface area contributed by atoms with Crippen molar-refractivity contribution in [3.63, 3.8) is 0 Å². The largest absolute Gasteiger partial charge is 0.394 e. The molecule has 0 radical (unpaired) electrons. The SMILES string of the molecule is CCCCC/C=C\C/C=C\CCCCCCCCCC(=O)NC(COC1OC(CO)C(OC2OC(CO)C(OC3OC(CO)C(O)C(O)C3O)C(O)C2O)C(O)C1O)C(O)/C=C/CC/C=C/CCCCCCCCCCC. The van der Waals surface area contributed by atoms with E-state index in [-0.39, 0.29) is 18.9 Å². The van der Waals surface area contributed by atoms with Crippen molar-refractivity contribution in [3.8, 4) is 0 Å². The van der Waals surface area contributed by atoms with Crippen molar-refractivity contribution in [1.29, 1.82) is 0 Å². The van der Waals surface area contributed by atoms with Gasteiger partial charge in [0.05, 0.1) is 38.6 Å². The molecule has 0 aromatic rings. The first kappa shape index (κ1) is 69.0. The number of aliphatic hydroxyl groups is 11. The number of carbonyl (C=O) groups excluding carboxylic acids is 1. The van der Waals surface area contributed by atoms with Gasteiger partial charge in [0.15, 0.2) is 18.9 Å². The predicted molar refractivity (Wildman–Crippen MR) is 291 cm³/mol. The Balaban J connectivity index is 1.53. The van der Waals surface area contributed by atoms with Crippen molar-refractivity contribution in [3.05, 3.63) is 48.6 Å². The van der Waals surface area contributed by atoms with E-state index in [0.717, 1.165) is 77.0 Å². The second kappa shape index (κ2) is 41.7. The second-order valence-corrected chi connectivity index (χ2v) is 21.1. The lowest BCUT2D eigenvalue weighted by atomic mass is 9.96. The zero-order valence-electron chi connectivity index (χ0n) is 46.4. The molecule has 3 aliphatic heterocycles. The zero-order valence-corrected chi connectivity index (χ0v) is 46.4. The molecular formula is C58H103NO18. The van der Waals surface area contributed by atoms with Crippen LogP contribution in [0.15, 0.2) is 48.6 Å². The van der Waals surface area contributed by atoms with Crippen LogP contribution in [0.2, 0.25) is 0 Å². The Morgan fingerprint density at radius 1 is 0.468 bits per heavy atom. The van der Waals surface area contributed by atoms with Gasteiger partial charge in [-0.1, -0.05) is 159 Å². The van der Waals surface area contributed by atoms with Gasteiger partial charge in [-0.05, 0) is 64.2 Å². The first-order valence-electron chi connectivity index (χ1n) is 29.4. The maximum Gasteiger partial charge on any atom is 0.220 e. The number of rotatable bonds is 42. The molecule has 0 aromatic heterocycles. The third-order valence-corrected chi connectivity index (χ3v) is 14.6. The summed E-state index contributed by atoms with van der Waals surface area (Å²) >= 11 is 0. The summed E-state index contributed by atoms with van der Waals surface area (Å²) in [6.07, 6.45) is 18.0. The summed E-state index contributed by atoms with van der Waals surface area (Å²) in [5.74, 6) is -0.296. The van der Waals surface area contributed by atoms with E-state index in [0.29, 0.717) is 12.8 Å². The Hall–Kier alpha value is -2.25. The molecule has 17 atom stereocenters. The number of carbonyl (C=O) groups is 1. The summed E-state index contributed by atoms with van der Waals surface area (Å²) < 4.78 is 34.2. The van der Waals surface area contributed by atoms with Crippen LogP contribution in [-0.4, -0.2) is 193 Å². The topological polar surface area (TPSA) is 307 Å². The lowest BCUT2D eigenvalue weighted by Gasteiger charge is -2.48. The molecule has 0 spiro atoms. The molecule has 19 nitrogen and oxygen atoms in total. The van der Waals surface area contributed by atoms with Crippen molar-refractivity contribution in [2.75, 3.05) is 26.4 Å². The van der Waals surface area contributed by atoms with Crippen LogP contribution in [0, 0.1) is 0 Å². The Kier molecular flexibility index (Phi) is 37.4. The number of ether oxygens (including phenoxy) is 6. The molecule has 0 saturated carbocycles. The lowest BCUT2D eigenvalue weighted by Crippen LogP contribution is -2.66. The van der Waals surface area contributed by atoms with E-state index >= 15 is 0 Å². The fraction of sp³-hybridized carbons (Fsp3) is 0.845. The molecular weight excluding hydrogens is 999 g/mol. The standard InChI is InChI=1S/C58H103NO18/c1-3-5-7-9-11-13-15-17-19-20-22-24-26-28-30-32-34-36-46(64)59-41(42(63)35-33-31-29-27-25-23-21-18-16-14-12-10-8-6-4-2)40-72-56-52(70)49(67)54(44(38-61)74-56)77-58-53(71)50(68)55(45(39-62)75-58)76-57-51(69)48(66)47(65)43(37-60)73-57/h11,13,17,19,25,27,33,35,41-45,47-58,60-63,65-71H,3-10,12,14-16,18,20-24,26,28-32,34,36-40H2,1-2H3,(H,59,64)/b13-11-,19-17-,27-25+,35-33+. The molecule has 17 unspecified atom stereocenters. The minimum Gasteiger partial charge on any atom is -0.394 e. The summed E-state index contributed by atoms with van der Waals surface area (Å²) in [5, 5.41) is 120. The van der Waals surface area contributed by atoms with Crippen LogP contribution in [0.25, 0.3) is 0 Å². The summed E-state index contributed by atoms with van der Waals surface area (Å²) in [7, 11) is 0. The fourth-order valence-electron chi connectivity index (χ4n) is 9.71. The van der Waals surface area contributed by atoms with E-state index in [1.165, 1.54) is 70.6 Å². The van der Waals surface area contributed by atoms with E-state index in [1.807, 2.05) is 6.08 Å². The summed E-state index contributed by atoms with van der Waals surface area (Å²) in [6.45, 7) is 1.65. The maximum absolute atomic E-state index is 13.3. The van der Waals surface area contributed by atoms with Gasteiger partial charge >= 0.3 is 0 Å². The Morgan fingerprint density at radius 3 is 1.40 bits per heavy atom. The normalized spacial score (nSPS) is 31.1. The van der Waals surface area contributed by atoms with Crippen molar-refractivity contribution in [1.82, 2.24) is 5.32 Å². The van der Waals surface area contributed by atoms with Gasteiger partial charge < -0.3 is 89.9 Å². The molecule has 448 valence electrons. The molecule has 1 amide bonds. The first-order chi connectivity index (χ1) is 37.3. The number of hydrogen-bond donors (Lipinski definition) is 12. The summed E-state index contributed by atoms with van der Waals surface area (Å²) in [4.78, 5) is 13.3. The monoisotopic (exact) mass is 1100 g/mol. The summed E-state index contributed by atoms with van der Waals surface area (Å²) in [5.41, 5.74) is 0. The van der Waals surface area contributed by atoms with Gasteiger partial charge in [-0.25, -0.2) is 0 Å². The molecule has 77 heavy (non-hydrogen) atoms. The molecule has 3 rings (SSSR count). The molecule has 12 N–H and O–H groups in total. The molecule has 3 fully saturated rings. The Bertz CT molecular complexity index is 1600. The quantitative estimate of drug-likeness (QED) is 0.0291. The average molecular weight is 1100 g/mol. The van der Waals surface area contributed by atoms with Gasteiger partial charge in [0.2, 0.25) is 5.91 Å². The Labute approximate surface area is 459 Å². The maximum atomic E-state index is 13.3. The van der Waals surface area contributed by atoms with E-state index in [4.69, 9.17) is 28.4 Å². The number of hydrogen-bond acceptors (Lipinski definition) is 18. The van der Waals surface area contributed by atoms with Gasteiger partial charge in [0.1, 0.15) is 73.2 Å². The van der Waals surface area contributed by atoms with E-state index in [2.05, 4.69) is 55.6 Å². The molecule has 3 saturated heterocycles. The number of nitrogens with one attached hydrogen (secondary N) is 1. The van der Waals surface area contributed by atoms with E-state index < -0.39 is 124 Å². The predicted octanol–water partition coefficient (Wildman–Crippen LogP) is 4.70. The van der Waals surface area contributed by atoms with Crippen LogP contribution in [-0.2, 0) is 33.2 Å². The van der Waals surface area contributed by atoms with E-state index in [1.54, 1.807) is 6.08 Å². The third-order valence-electron chi connectivity index (χ3n) is 14.6. The Morgan fingerprint density at radius 2 is 0.870 bits per heavy atom. The number of unbranched alkanes of at least 4 members (excludes halogenated alkanes) is 20. The molecule has 3 aliphatic rings. The molecule has 0 aliphatic carbocycles. The first-order valence-corrected chi connectivity index (χ1v) is 29.4. The molecule has 19 heteroatoms. The highest BCUT2D eigenvalue weighted by atomic mass is 16.8. The molecule has 3 heterocycles. The highest BCUT2D eigenvalue weighted by Gasteiger charge is 2.53. The van der Waals surface area contributed by atoms with Crippen LogP contribution in [0.3, 0.4) is 0 Å². The van der Waals surface area contributed by atoms with E-state index in [9.17, 15) is 61.0 Å². The van der Waals surface area contributed by atoms with Gasteiger partial charge in [0, 0.05) is 6.42 Å². The molecule has 0 aromatic carbocycles. The fourth-order valence-corrected chi connectivity index (χ4v) is 9.71. The lowest BCUT2D eigenvalue weighted by molar-refractivity contribution is -0.379. The minimum atomic E-state index is -1.98. The van der Waals surface area contributed by atoms with Gasteiger partial charge in [-0.3, -0.25) is 4.79 Å². The van der Waals surface area contributed by atoms with Crippen molar-refractivity contribution in [2.24, 2.45) is 0 Å². The third kappa shape index (κ3) is 26.0. The summed E-state index contributed by atoms with van der Waals surface area (Å²) in [6, 6.07) is -0.993. The molecule has 0 bridgehead atoms. The number of allylic oxidation sites excluding steroid dienone is 7. The van der Waals surface area contributed by atoms with Crippen molar-refractivity contribution in [2.45, 2.75) is 285 Å². The minimum absolute atomic E-state index is 0.225. The van der Waals surface area contributed by atoms with Crippen LogP contribution < -0.4 is 5.32 Å². The highest BCUT2D eigenvalue weighted by Crippen LogP contribution is 2.33. The van der Waals surface area contributed by atoms with Gasteiger partial charge in [-0.2, -0.15) is 0 Å². The highest BCUT2D eigenvalue weighted by molar-refractivity contribution is 5.76. The number of aliphatic hydroxyl groups excluding tert-OH is 11. The van der Waals surface area contributed by atoms with Crippen molar-refractivity contribution >= 4 is 5.91 Å². The second-order valence-electron chi connectivity index (χ2n) is 21.1. The van der Waals surface area contributed by atoms with Gasteiger partial charge in [0.25, 0.3) is 0 Å². The van der Waals surface area contributed by atoms with Crippen LogP contribution in [0.5, 0.6) is 0 Å². The van der Waals surface area contributed by atoms with Crippen LogP contribution >= 0.6 is 0 Å². The van der Waals surface area contributed by atoms with Crippen molar-refractivity contribution < 1.29 is 89.4 Å². The number of amides is 1. The zero-order chi connectivity index (χ0) is 56.2. The van der Waals surface area contributed by atoms with Gasteiger partial charge in [-0.15, -0.1) is 0 Å². The smallest absolute Gasteiger partial charge is 0.220 e. The average Bonchev–Trinajstić information content (AvgIpc) is 3.44. The van der Waals surface area contributed by atoms with Crippen LogP contribution in [0.4, 0.5) is 0 Å². The van der Waals surface area contributed by atoms with Crippen LogP contribution in [0.1, 0.15) is 181 Å².